The Hall–Kier alpha value is -2.17. The van der Waals surface area contributed by atoms with E-state index in [0.29, 0.717) is 24.6 Å². The molecule has 0 heterocycles. The van der Waals surface area contributed by atoms with Crippen molar-refractivity contribution < 1.29 is 23.2 Å². The summed E-state index contributed by atoms with van der Waals surface area (Å²) in [5, 5.41) is 9.55. The van der Waals surface area contributed by atoms with Gasteiger partial charge in [0.15, 0.2) is 0 Å². The molecule has 8 nitrogen and oxygen atoms in total. The maximum Gasteiger partial charge on any atom is 0.262 e. The van der Waals surface area contributed by atoms with Gasteiger partial charge in [0.25, 0.3) is 5.91 Å². The standard InChI is InChI=1S/C24H33N3O5S.ClH/c1-26(2)20-11-9-19(10-12-20)23(24(28)25-29)27(17-18-7-5-4-6-8-18)33(30,31)22-15-13-21(32-3)14-16-22;/h4-8,13-16,19-20,23,29H,9-12,17H2,1-3H3,(H,25,28);1H/t19?,20?,23-;/m1./s1. The van der Waals surface area contributed by atoms with Crippen molar-refractivity contribution in [2.75, 3.05) is 21.2 Å². The number of rotatable bonds is 9. The highest BCUT2D eigenvalue weighted by molar-refractivity contribution is 7.89. The second-order valence-corrected chi connectivity index (χ2v) is 10.6. The van der Waals surface area contributed by atoms with Crippen molar-refractivity contribution in [1.82, 2.24) is 14.7 Å². The van der Waals surface area contributed by atoms with Gasteiger partial charge in [0.1, 0.15) is 11.8 Å². The zero-order valence-electron chi connectivity index (χ0n) is 19.8. The number of ether oxygens (including phenoxy) is 1. The van der Waals surface area contributed by atoms with Crippen LogP contribution in [0.3, 0.4) is 0 Å². The van der Waals surface area contributed by atoms with Gasteiger partial charge in [-0.05, 0) is 75.5 Å². The van der Waals surface area contributed by atoms with Crippen molar-refractivity contribution in [2.24, 2.45) is 5.92 Å². The Morgan fingerprint density at radius 2 is 1.65 bits per heavy atom. The highest BCUT2D eigenvalue weighted by Crippen LogP contribution is 2.34. The van der Waals surface area contributed by atoms with E-state index in [-0.39, 0.29) is 29.8 Å². The van der Waals surface area contributed by atoms with Crippen LogP contribution in [0.15, 0.2) is 59.5 Å². The van der Waals surface area contributed by atoms with Gasteiger partial charge < -0.3 is 9.64 Å². The zero-order valence-corrected chi connectivity index (χ0v) is 21.4. The molecule has 1 aliphatic carbocycles. The first-order valence-electron chi connectivity index (χ1n) is 11.1. The molecule has 1 saturated carbocycles. The topological polar surface area (TPSA) is 99.2 Å². The minimum absolute atomic E-state index is 0. The summed E-state index contributed by atoms with van der Waals surface area (Å²) in [6.45, 7) is 0.0148. The molecule has 1 atom stereocenters. The van der Waals surface area contributed by atoms with Crippen molar-refractivity contribution in [2.45, 2.75) is 49.2 Å². The average molecular weight is 512 g/mol. The lowest BCUT2D eigenvalue weighted by atomic mass is 9.80. The number of sulfonamides is 1. The van der Waals surface area contributed by atoms with Gasteiger partial charge in [-0.25, -0.2) is 13.9 Å². The third-order valence-corrected chi connectivity index (χ3v) is 8.30. The summed E-state index contributed by atoms with van der Waals surface area (Å²) < 4.78 is 34.0. The molecule has 0 spiro atoms. The van der Waals surface area contributed by atoms with Gasteiger partial charge >= 0.3 is 0 Å². The van der Waals surface area contributed by atoms with E-state index >= 15 is 0 Å². The van der Waals surface area contributed by atoms with Crippen LogP contribution in [-0.2, 0) is 21.4 Å². The SMILES string of the molecule is COc1ccc(S(=O)(=O)N(Cc2ccccc2)[C@@H](C(=O)NO)C2CCC(N(C)C)CC2)cc1.Cl. The molecule has 1 amide bonds. The van der Waals surface area contributed by atoms with Crippen LogP contribution in [0.5, 0.6) is 5.75 Å². The summed E-state index contributed by atoms with van der Waals surface area (Å²) >= 11 is 0. The number of amides is 1. The molecular weight excluding hydrogens is 478 g/mol. The number of carbonyl (C=O) groups is 1. The Morgan fingerprint density at radius 1 is 1.06 bits per heavy atom. The van der Waals surface area contributed by atoms with Crippen LogP contribution >= 0.6 is 12.4 Å². The Bertz CT molecular complexity index is 1010. The quantitative estimate of drug-likeness (QED) is 0.396. The monoisotopic (exact) mass is 511 g/mol. The first-order valence-corrected chi connectivity index (χ1v) is 12.5. The molecular formula is C24H34ClN3O5S. The van der Waals surface area contributed by atoms with Gasteiger partial charge in [-0.15, -0.1) is 12.4 Å². The maximum atomic E-state index is 13.8. The molecule has 2 N–H and O–H groups in total. The lowest BCUT2D eigenvalue weighted by Gasteiger charge is -2.39. The first-order chi connectivity index (χ1) is 15.8. The second kappa shape index (κ2) is 12.5. The van der Waals surface area contributed by atoms with E-state index in [2.05, 4.69) is 4.90 Å². The summed E-state index contributed by atoms with van der Waals surface area (Å²) in [4.78, 5) is 15.2. The largest absolute Gasteiger partial charge is 0.497 e. The molecule has 1 aliphatic rings. The van der Waals surface area contributed by atoms with E-state index in [1.54, 1.807) is 17.6 Å². The highest BCUT2D eigenvalue weighted by Gasteiger charge is 2.42. The van der Waals surface area contributed by atoms with Gasteiger partial charge in [0.05, 0.1) is 12.0 Å². The minimum atomic E-state index is -4.06. The van der Waals surface area contributed by atoms with Crippen LogP contribution in [-0.4, -0.2) is 62.0 Å². The lowest BCUT2D eigenvalue weighted by Crippen LogP contribution is -2.53. The molecule has 1 fully saturated rings. The fraction of sp³-hybridized carbons (Fsp3) is 0.458. The molecule has 34 heavy (non-hydrogen) atoms. The normalized spacial score (nSPS) is 19.4. The van der Waals surface area contributed by atoms with Gasteiger partial charge in [-0.1, -0.05) is 30.3 Å². The molecule has 0 bridgehead atoms. The lowest BCUT2D eigenvalue weighted by molar-refractivity contribution is -0.135. The van der Waals surface area contributed by atoms with Crippen LogP contribution in [0.2, 0.25) is 0 Å². The Morgan fingerprint density at radius 3 is 2.15 bits per heavy atom. The van der Waals surface area contributed by atoms with Crippen LogP contribution in [0.4, 0.5) is 0 Å². The van der Waals surface area contributed by atoms with E-state index in [1.165, 1.54) is 23.5 Å². The van der Waals surface area contributed by atoms with E-state index in [9.17, 15) is 18.4 Å². The second-order valence-electron chi connectivity index (χ2n) is 8.66. The van der Waals surface area contributed by atoms with E-state index in [1.807, 2.05) is 44.4 Å². The van der Waals surface area contributed by atoms with Crippen molar-refractivity contribution in [1.29, 1.82) is 0 Å². The van der Waals surface area contributed by atoms with E-state index in [0.717, 1.165) is 18.4 Å². The summed E-state index contributed by atoms with van der Waals surface area (Å²) in [5.41, 5.74) is 2.49. The third-order valence-electron chi connectivity index (χ3n) is 6.45. The number of hydrogen-bond donors (Lipinski definition) is 2. The van der Waals surface area contributed by atoms with Crippen molar-refractivity contribution in [3.8, 4) is 5.75 Å². The molecule has 2 aromatic carbocycles. The van der Waals surface area contributed by atoms with Crippen LogP contribution in [0.25, 0.3) is 0 Å². The highest BCUT2D eigenvalue weighted by atomic mass is 35.5. The fourth-order valence-corrected chi connectivity index (χ4v) is 6.20. The van der Waals surface area contributed by atoms with Crippen LogP contribution < -0.4 is 10.2 Å². The van der Waals surface area contributed by atoms with Crippen LogP contribution in [0, 0.1) is 5.92 Å². The molecule has 0 saturated heterocycles. The molecule has 2 aromatic rings. The summed E-state index contributed by atoms with van der Waals surface area (Å²) in [7, 11) is 1.50. The Labute approximate surface area is 208 Å². The first kappa shape index (κ1) is 28.1. The number of hydrogen-bond acceptors (Lipinski definition) is 6. The molecule has 10 heteroatoms. The number of carbonyl (C=O) groups excluding carboxylic acids is 1. The number of nitrogens with one attached hydrogen (secondary N) is 1. The fourth-order valence-electron chi connectivity index (χ4n) is 4.56. The molecule has 0 radical (unpaired) electrons. The molecule has 0 unspecified atom stereocenters. The molecule has 3 rings (SSSR count). The predicted molar refractivity (Wildman–Crippen MR) is 133 cm³/mol. The predicted octanol–water partition coefficient (Wildman–Crippen LogP) is 3.30. The van der Waals surface area contributed by atoms with Crippen molar-refractivity contribution in [3.63, 3.8) is 0 Å². The average Bonchev–Trinajstić information content (AvgIpc) is 2.84. The number of halogens is 1. The molecule has 0 aliphatic heterocycles. The number of hydroxylamine groups is 1. The molecule has 188 valence electrons. The van der Waals surface area contributed by atoms with Gasteiger partial charge in [0.2, 0.25) is 10.0 Å². The number of nitrogens with zero attached hydrogens (tertiary/aromatic N) is 2. The van der Waals surface area contributed by atoms with Gasteiger partial charge in [0, 0.05) is 12.6 Å². The third kappa shape index (κ3) is 6.49. The van der Waals surface area contributed by atoms with Crippen molar-refractivity contribution >= 4 is 28.3 Å². The van der Waals surface area contributed by atoms with Gasteiger partial charge in [-0.2, -0.15) is 4.31 Å². The Balaban J connectivity index is 0.00000408. The maximum absolute atomic E-state index is 13.8. The Kier molecular flexibility index (Phi) is 10.3. The zero-order chi connectivity index (χ0) is 24.0. The van der Waals surface area contributed by atoms with E-state index < -0.39 is 22.0 Å². The summed E-state index contributed by atoms with van der Waals surface area (Å²) in [5.74, 6) is -0.392. The van der Waals surface area contributed by atoms with Gasteiger partial charge in [-0.3, -0.25) is 10.0 Å². The summed E-state index contributed by atoms with van der Waals surface area (Å²) in [6, 6.07) is 14.6. The van der Waals surface area contributed by atoms with Crippen molar-refractivity contribution in [3.05, 3.63) is 60.2 Å². The minimum Gasteiger partial charge on any atom is -0.497 e. The number of benzene rings is 2. The summed E-state index contributed by atoms with van der Waals surface area (Å²) in [6.07, 6.45) is 3.08. The number of methoxy groups -OCH3 is 1. The van der Waals surface area contributed by atoms with E-state index in [4.69, 9.17) is 4.74 Å². The smallest absolute Gasteiger partial charge is 0.262 e. The molecule has 0 aromatic heterocycles. The van der Waals surface area contributed by atoms with Crippen LogP contribution in [0.1, 0.15) is 31.2 Å².